The summed E-state index contributed by atoms with van der Waals surface area (Å²) in [5.74, 6) is -0.0520. The quantitative estimate of drug-likeness (QED) is 0.896. The number of nitrogens with zero attached hydrogens (tertiary/aromatic N) is 3. The van der Waals surface area contributed by atoms with Gasteiger partial charge in [-0.3, -0.25) is 9.59 Å². The number of rotatable bonds is 4. The van der Waals surface area contributed by atoms with Crippen LogP contribution in [0.1, 0.15) is 23.0 Å². The van der Waals surface area contributed by atoms with Crippen LogP contribution in [0.5, 0.6) is 0 Å². The highest BCUT2D eigenvalue weighted by atomic mass is 35.5. The summed E-state index contributed by atoms with van der Waals surface area (Å²) in [6, 6.07) is 11.2. The summed E-state index contributed by atoms with van der Waals surface area (Å²) >= 11 is 5.88. The molecule has 2 amide bonds. The lowest BCUT2D eigenvalue weighted by Gasteiger charge is -2.34. The zero-order valence-corrected chi connectivity index (χ0v) is 15.4. The smallest absolute Gasteiger partial charge is 0.272 e. The van der Waals surface area contributed by atoms with Gasteiger partial charge in [-0.1, -0.05) is 23.7 Å². The molecule has 1 aromatic heterocycles. The van der Waals surface area contributed by atoms with Crippen molar-refractivity contribution in [3.05, 3.63) is 58.9 Å². The lowest BCUT2D eigenvalue weighted by Crippen LogP contribution is -2.50. The number of hydrogen-bond acceptors (Lipinski definition) is 4. The molecule has 7 heteroatoms. The Labute approximate surface area is 157 Å². The molecule has 6 nitrogen and oxygen atoms in total. The van der Waals surface area contributed by atoms with E-state index in [9.17, 15) is 9.59 Å². The minimum Gasteiger partial charge on any atom is -0.380 e. The molecule has 3 rings (SSSR count). The first-order valence-electron chi connectivity index (χ1n) is 8.52. The number of nitrogens with one attached hydrogen (secondary N) is 1. The number of carbonyl (C=O) groups excluding carboxylic acids is 2. The Morgan fingerprint density at radius 1 is 1.04 bits per heavy atom. The van der Waals surface area contributed by atoms with Crippen LogP contribution in [0.3, 0.4) is 0 Å². The van der Waals surface area contributed by atoms with Crippen molar-refractivity contribution in [2.24, 2.45) is 0 Å². The molecule has 1 saturated heterocycles. The van der Waals surface area contributed by atoms with Gasteiger partial charge in [0.05, 0.1) is 11.9 Å². The van der Waals surface area contributed by atoms with Gasteiger partial charge in [-0.2, -0.15) is 0 Å². The number of halogens is 1. The maximum absolute atomic E-state index is 12.5. The highest BCUT2D eigenvalue weighted by Gasteiger charge is 2.23. The van der Waals surface area contributed by atoms with E-state index in [0.29, 0.717) is 43.4 Å². The van der Waals surface area contributed by atoms with Crippen LogP contribution in [0.15, 0.2) is 42.6 Å². The monoisotopic (exact) mass is 372 g/mol. The van der Waals surface area contributed by atoms with Crippen LogP contribution in [0.2, 0.25) is 5.02 Å². The maximum Gasteiger partial charge on any atom is 0.272 e. The van der Waals surface area contributed by atoms with Crippen molar-refractivity contribution in [3.63, 3.8) is 0 Å². The topological polar surface area (TPSA) is 65.5 Å². The number of aromatic nitrogens is 1. The summed E-state index contributed by atoms with van der Waals surface area (Å²) in [5, 5.41) is 3.98. The van der Waals surface area contributed by atoms with Gasteiger partial charge < -0.3 is 15.1 Å². The summed E-state index contributed by atoms with van der Waals surface area (Å²) in [7, 11) is 0. The number of anilines is 1. The van der Waals surface area contributed by atoms with E-state index in [1.54, 1.807) is 29.0 Å². The van der Waals surface area contributed by atoms with Crippen LogP contribution in [-0.4, -0.2) is 52.8 Å². The Hall–Kier alpha value is -2.60. The van der Waals surface area contributed by atoms with Gasteiger partial charge >= 0.3 is 0 Å². The number of benzene rings is 1. The van der Waals surface area contributed by atoms with Crippen molar-refractivity contribution >= 4 is 29.1 Å². The van der Waals surface area contributed by atoms with Crippen LogP contribution >= 0.6 is 11.6 Å². The van der Waals surface area contributed by atoms with Crippen molar-refractivity contribution in [2.75, 3.05) is 31.5 Å². The molecule has 1 aromatic carbocycles. The van der Waals surface area contributed by atoms with Crippen LogP contribution in [0, 0.1) is 0 Å². The summed E-state index contributed by atoms with van der Waals surface area (Å²) in [5.41, 5.74) is 2.37. The molecule has 0 aliphatic carbocycles. The van der Waals surface area contributed by atoms with E-state index >= 15 is 0 Å². The van der Waals surface area contributed by atoms with Crippen LogP contribution < -0.4 is 5.32 Å². The summed E-state index contributed by atoms with van der Waals surface area (Å²) in [4.78, 5) is 31.7. The number of amides is 2. The van der Waals surface area contributed by atoms with Gasteiger partial charge in [0.15, 0.2) is 0 Å². The summed E-state index contributed by atoms with van der Waals surface area (Å²) in [6.07, 6.45) is 1.66. The Kier molecular flexibility index (Phi) is 5.73. The van der Waals surface area contributed by atoms with Gasteiger partial charge in [0.25, 0.3) is 5.91 Å². The first-order valence-corrected chi connectivity index (χ1v) is 8.90. The number of pyridine rings is 1. The highest BCUT2D eigenvalue weighted by Crippen LogP contribution is 2.13. The van der Waals surface area contributed by atoms with Gasteiger partial charge in [0.2, 0.25) is 5.91 Å². The highest BCUT2D eigenvalue weighted by molar-refractivity contribution is 6.30. The van der Waals surface area contributed by atoms with E-state index in [2.05, 4.69) is 10.3 Å². The minimum absolute atomic E-state index is 0.0475. The third-order valence-corrected chi connectivity index (χ3v) is 4.66. The summed E-state index contributed by atoms with van der Waals surface area (Å²) in [6.45, 7) is 4.42. The maximum atomic E-state index is 12.5. The van der Waals surface area contributed by atoms with Gasteiger partial charge in [0.1, 0.15) is 5.69 Å². The molecule has 26 heavy (non-hydrogen) atoms. The molecule has 0 radical (unpaired) electrons. The molecule has 0 atom stereocenters. The first kappa shape index (κ1) is 18.2. The molecule has 0 spiro atoms. The number of piperazine rings is 1. The van der Waals surface area contributed by atoms with E-state index in [1.165, 1.54) is 0 Å². The van der Waals surface area contributed by atoms with Crippen LogP contribution in [0.25, 0.3) is 0 Å². The Morgan fingerprint density at radius 2 is 1.69 bits per heavy atom. The van der Waals surface area contributed by atoms with Crippen LogP contribution in [0.4, 0.5) is 5.69 Å². The number of hydrogen-bond donors (Lipinski definition) is 1. The van der Waals surface area contributed by atoms with Crippen molar-refractivity contribution in [1.82, 2.24) is 14.8 Å². The molecular formula is C19H21ClN4O2. The van der Waals surface area contributed by atoms with E-state index < -0.39 is 0 Å². The van der Waals surface area contributed by atoms with E-state index in [0.717, 1.165) is 11.3 Å². The predicted molar refractivity (Wildman–Crippen MR) is 101 cm³/mol. The average Bonchev–Trinajstić information content (AvgIpc) is 2.67. The fourth-order valence-electron chi connectivity index (χ4n) is 2.82. The fourth-order valence-corrected chi connectivity index (χ4v) is 2.94. The van der Waals surface area contributed by atoms with Crippen molar-refractivity contribution in [1.29, 1.82) is 0 Å². The van der Waals surface area contributed by atoms with Gasteiger partial charge in [0, 0.05) is 44.7 Å². The average molecular weight is 373 g/mol. The molecule has 136 valence electrons. The molecular weight excluding hydrogens is 352 g/mol. The Morgan fingerprint density at radius 3 is 2.27 bits per heavy atom. The molecule has 0 bridgehead atoms. The molecule has 0 saturated carbocycles. The van der Waals surface area contributed by atoms with Crippen molar-refractivity contribution in [2.45, 2.75) is 13.5 Å². The lowest BCUT2D eigenvalue weighted by atomic mass is 10.2. The molecule has 0 unspecified atom stereocenters. The molecule has 1 aliphatic rings. The Bertz CT molecular complexity index is 769. The van der Waals surface area contributed by atoms with E-state index in [-0.39, 0.29) is 11.8 Å². The van der Waals surface area contributed by atoms with Gasteiger partial charge in [-0.25, -0.2) is 4.98 Å². The second-order valence-electron chi connectivity index (χ2n) is 6.21. The largest absolute Gasteiger partial charge is 0.380 e. The first-order chi connectivity index (χ1) is 12.5. The lowest BCUT2D eigenvalue weighted by molar-refractivity contribution is -0.130. The second kappa shape index (κ2) is 8.19. The standard InChI is InChI=1S/C19H21ClN4O2/c1-14(25)23-8-10-24(11-9-23)19(26)18-7-6-17(13-22-18)21-12-15-2-4-16(20)5-3-15/h2-7,13,21H,8-12H2,1H3. The van der Waals surface area contributed by atoms with Gasteiger partial charge in [-0.15, -0.1) is 0 Å². The zero-order chi connectivity index (χ0) is 18.5. The Balaban J connectivity index is 1.54. The molecule has 2 heterocycles. The third-order valence-electron chi connectivity index (χ3n) is 4.40. The van der Waals surface area contributed by atoms with Crippen LogP contribution in [-0.2, 0) is 11.3 Å². The second-order valence-corrected chi connectivity index (χ2v) is 6.65. The van der Waals surface area contributed by atoms with Crippen molar-refractivity contribution < 1.29 is 9.59 Å². The van der Waals surface area contributed by atoms with E-state index in [4.69, 9.17) is 11.6 Å². The third kappa shape index (κ3) is 4.52. The zero-order valence-electron chi connectivity index (χ0n) is 14.6. The molecule has 2 aromatic rings. The van der Waals surface area contributed by atoms with Crippen molar-refractivity contribution in [3.8, 4) is 0 Å². The SMILES string of the molecule is CC(=O)N1CCN(C(=O)c2ccc(NCc3ccc(Cl)cc3)cn2)CC1. The van der Waals surface area contributed by atoms with Gasteiger partial charge in [-0.05, 0) is 29.8 Å². The fraction of sp³-hybridized carbons (Fsp3) is 0.316. The minimum atomic E-state index is -0.0996. The molecule has 1 N–H and O–H groups in total. The predicted octanol–water partition coefficient (Wildman–Crippen LogP) is 2.65. The molecule has 1 fully saturated rings. The molecule has 1 aliphatic heterocycles. The number of carbonyl (C=O) groups is 2. The normalized spacial score (nSPS) is 14.2. The summed E-state index contributed by atoms with van der Waals surface area (Å²) < 4.78 is 0. The van der Waals surface area contributed by atoms with E-state index in [1.807, 2.05) is 30.3 Å².